The molecular formula is C38H54F2O3. The molecule has 1 unspecified atom stereocenters. The Hall–Kier alpha value is -2.69. The number of carbonyl (C=O) groups is 1. The first-order valence-corrected chi connectivity index (χ1v) is 17.0. The van der Waals surface area contributed by atoms with Crippen molar-refractivity contribution in [3.05, 3.63) is 71.8 Å². The molecule has 1 atom stereocenters. The van der Waals surface area contributed by atoms with Gasteiger partial charge in [0.2, 0.25) is 5.82 Å². The first kappa shape index (κ1) is 34.8. The summed E-state index contributed by atoms with van der Waals surface area (Å²) in [6.45, 7) is 8.77. The number of unbranched alkanes of at least 4 members (excludes halogenated alkanes) is 9. The number of carbonyl (C=O) groups excluding carboxylic acids is 1. The van der Waals surface area contributed by atoms with Crippen molar-refractivity contribution < 1.29 is 23.0 Å². The predicted octanol–water partition coefficient (Wildman–Crippen LogP) is 11.7. The SMILES string of the molecule is C=CCC(c1ccc(OC(=O)c2ccc(OCCCCCCCCCC)c(F)c2F)cc1)C1CCC(CCCCC)CC1. The molecule has 238 valence electrons. The zero-order valence-electron chi connectivity index (χ0n) is 26.7. The molecule has 2 aromatic rings. The molecule has 2 aromatic carbocycles. The maximum absolute atomic E-state index is 14.8. The quantitative estimate of drug-likeness (QED) is 0.0660. The average Bonchev–Trinajstić information content (AvgIpc) is 3.02. The molecule has 1 aliphatic carbocycles. The maximum Gasteiger partial charge on any atom is 0.346 e. The molecular weight excluding hydrogens is 542 g/mol. The summed E-state index contributed by atoms with van der Waals surface area (Å²) in [5, 5.41) is 0. The Balaban J connectivity index is 1.50. The van der Waals surface area contributed by atoms with Crippen molar-refractivity contribution >= 4 is 5.97 Å². The highest BCUT2D eigenvalue weighted by atomic mass is 19.2. The van der Waals surface area contributed by atoms with Gasteiger partial charge in [-0.15, -0.1) is 6.58 Å². The number of allylic oxidation sites excluding steroid dienone is 1. The van der Waals surface area contributed by atoms with Crippen LogP contribution in [0.3, 0.4) is 0 Å². The van der Waals surface area contributed by atoms with Gasteiger partial charge in [-0.05, 0) is 73.3 Å². The third-order valence-corrected chi connectivity index (χ3v) is 9.14. The molecule has 0 radical (unpaired) electrons. The van der Waals surface area contributed by atoms with E-state index in [-0.39, 0.29) is 5.75 Å². The summed E-state index contributed by atoms with van der Waals surface area (Å²) in [5.74, 6) is -1.35. The standard InChI is InChI=1S/C38H54F2O3/c1-4-7-9-10-11-12-13-15-28-42-35-27-26-34(36(39)37(35)40)38(41)43-32-24-22-31(23-25-32)33(16-6-3)30-20-18-29(19-21-30)17-14-8-5-2/h6,22-27,29-30,33H,3-5,7-21,28H2,1-2H3. The van der Waals surface area contributed by atoms with E-state index in [1.807, 2.05) is 18.2 Å². The van der Waals surface area contributed by atoms with Crippen molar-refractivity contribution in [3.63, 3.8) is 0 Å². The first-order chi connectivity index (χ1) is 21.0. The number of halogens is 2. The van der Waals surface area contributed by atoms with Crippen LogP contribution in [0, 0.1) is 23.5 Å². The minimum absolute atomic E-state index is 0.176. The number of hydrogen-bond donors (Lipinski definition) is 0. The van der Waals surface area contributed by atoms with E-state index in [1.54, 1.807) is 12.1 Å². The van der Waals surface area contributed by atoms with Gasteiger partial charge in [0.15, 0.2) is 11.6 Å². The third-order valence-electron chi connectivity index (χ3n) is 9.14. The van der Waals surface area contributed by atoms with E-state index in [0.717, 1.165) is 31.6 Å². The van der Waals surface area contributed by atoms with Crippen molar-refractivity contribution in [2.45, 2.75) is 129 Å². The van der Waals surface area contributed by atoms with Gasteiger partial charge in [-0.1, -0.05) is 116 Å². The van der Waals surface area contributed by atoms with Gasteiger partial charge in [0.05, 0.1) is 12.2 Å². The predicted molar refractivity (Wildman–Crippen MR) is 173 cm³/mol. The normalized spacial score (nSPS) is 17.4. The van der Waals surface area contributed by atoms with Crippen LogP contribution in [0.15, 0.2) is 49.1 Å². The minimum Gasteiger partial charge on any atom is -0.490 e. The summed E-state index contributed by atoms with van der Waals surface area (Å²) >= 11 is 0. The monoisotopic (exact) mass is 596 g/mol. The van der Waals surface area contributed by atoms with E-state index >= 15 is 0 Å². The number of rotatable bonds is 20. The lowest BCUT2D eigenvalue weighted by molar-refractivity contribution is 0.0728. The van der Waals surface area contributed by atoms with Gasteiger partial charge in [-0.25, -0.2) is 9.18 Å². The number of ether oxygens (including phenoxy) is 2. The van der Waals surface area contributed by atoms with Crippen LogP contribution in [0.1, 0.15) is 145 Å². The third kappa shape index (κ3) is 11.4. The van der Waals surface area contributed by atoms with Crippen molar-refractivity contribution in [1.82, 2.24) is 0 Å². The lowest BCUT2D eigenvalue weighted by atomic mass is 9.71. The Kier molecular flexibility index (Phi) is 15.8. The molecule has 1 fully saturated rings. The maximum atomic E-state index is 14.8. The largest absolute Gasteiger partial charge is 0.490 e. The Morgan fingerprint density at radius 2 is 1.47 bits per heavy atom. The summed E-state index contributed by atoms with van der Waals surface area (Å²) in [6.07, 6.45) is 22.4. The van der Waals surface area contributed by atoms with Crippen LogP contribution in [0.2, 0.25) is 0 Å². The van der Waals surface area contributed by atoms with Crippen molar-refractivity contribution in [1.29, 1.82) is 0 Å². The van der Waals surface area contributed by atoms with Crippen molar-refractivity contribution in [3.8, 4) is 11.5 Å². The van der Waals surface area contributed by atoms with Crippen LogP contribution in [0.5, 0.6) is 11.5 Å². The second-order valence-electron chi connectivity index (χ2n) is 12.4. The van der Waals surface area contributed by atoms with E-state index < -0.39 is 23.2 Å². The topological polar surface area (TPSA) is 35.5 Å². The van der Waals surface area contributed by atoms with Gasteiger partial charge in [0, 0.05) is 0 Å². The van der Waals surface area contributed by atoms with Crippen LogP contribution in [-0.2, 0) is 0 Å². The van der Waals surface area contributed by atoms with Gasteiger partial charge in [-0.2, -0.15) is 4.39 Å². The van der Waals surface area contributed by atoms with Crippen LogP contribution in [0.4, 0.5) is 8.78 Å². The zero-order valence-corrected chi connectivity index (χ0v) is 26.7. The fraction of sp³-hybridized carbons (Fsp3) is 0.605. The molecule has 0 aromatic heterocycles. The van der Waals surface area contributed by atoms with Gasteiger partial charge in [0.25, 0.3) is 0 Å². The molecule has 0 aliphatic heterocycles. The number of benzene rings is 2. The van der Waals surface area contributed by atoms with Gasteiger partial charge in [0.1, 0.15) is 5.75 Å². The molecule has 0 amide bonds. The molecule has 1 saturated carbocycles. The highest BCUT2D eigenvalue weighted by molar-refractivity contribution is 5.91. The first-order valence-electron chi connectivity index (χ1n) is 17.0. The molecule has 0 saturated heterocycles. The molecule has 0 bridgehead atoms. The van der Waals surface area contributed by atoms with Gasteiger partial charge < -0.3 is 9.47 Å². The molecule has 0 heterocycles. The molecule has 1 aliphatic rings. The Morgan fingerprint density at radius 1 is 0.837 bits per heavy atom. The fourth-order valence-electron chi connectivity index (χ4n) is 6.51. The van der Waals surface area contributed by atoms with E-state index in [0.29, 0.717) is 24.2 Å². The molecule has 43 heavy (non-hydrogen) atoms. The number of hydrogen-bond acceptors (Lipinski definition) is 3. The van der Waals surface area contributed by atoms with Gasteiger partial charge >= 0.3 is 5.97 Å². The van der Waals surface area contributed by atoms with Crippen molar-refractivity contribution in [2.24, 2.45) is 11.8 Å². The minimum atomic E-state index is -1.24. The Bertz CT molecular complexity index is 1090. The van der Waals surface area contributed by atoms with E-state index in [4.69, 9.17) is 9.47 Å². The Morgan fingerprint density at radius 3 is 2.12 bits per heavy atom. The van der Waals surface area contributed by atoms with E-state index in [1.165, 1.54) is 101 Å². The van der Waals surface area contributed by atoms with Crippen LogP contribution in [0.25, 0.3) is 0 Å². The lowest BCUT2D eigenvalue weighted by Crippen LogP contribution is -2.20. The second-order valence-corrected chi connectivity index (χ2v) is 12.4. The summed E-state index contributed by atoms with van der Waals surface area (Å²) in [6, 6.07) is 10.0. The summed E-state index contributed by atoms with van der Waals surface area (Å²) in [5.41, 5.74) is 0.755. The fourth-order valence-corrected chi connectivity index (χ4v) is 6.51. The summed E-state index contributed by atoms with van der Waals surface area (Å²) in [4.78, 5) is 12.7. The lowest BCUT2D eigenvalue weighted by Gasteiger charge is -2.34. The summed E-state index contributed by atoms with van der Waals surface area (Å²) in [7, 11) is 0. The smallest absolute Gasteiger partial charge is 0.346 e. The van der Waals surface area contributed by atoms with Crippen LogP contribution in [-0.4, -0.2) is 12.6 Å². The molecule has 0 spiro atoms. The zero-order chi connectivity index (χ0) is 30.9. The van der Waals surface area contributed by atoms with Gasteiger partial charge in [-0.3, -0.25) is 0 Å². The van der Waals surface area contributed by atoms with E-state index in [2.05, 4.69) is 20.4 Å². The van der Waals surface area contributed by atoms with Crippen LogP contribution >= 0.6 is 0 Å². The molecule has 5 heteroatoms. The number of esters is 1. The molecule has 0 N–H and O–H groups in total. The Labute approximate surface area is 259 Å². The highest BCUT2D eigenvalue weighted by Gasteiger charge is 2.28. The highest BCUT2D eigenvalue weighted by Crippen LogP contribution is 2.42. The second kappa shape index (κ2) is 19.6. The van der Waals surface area contributed by atoms with Crippen LogP contribution < -0.4 is 9.47 Å². The average molecular weight is 597 g/mol. The van der Waals surface area contributed by atoms with Crippen molar-refractivity contribution in [2.75, 3.05) is 6.61 Å². The summed E-state index contributed by atoms with van der Waals surface area (Å²) < 4.78 is 40.4. The molecule has 3 nitrogen and oxygen atoms in total. The van der Waals surface area contributed by atoms with E-state index in [9.17, 15) is 13.6 Å². The molecule has 3 rings (SSSR count).